The van der Waals surface area contributed by atoms with E-state index in [0.29, 0.717) is 5.92 Å². The van der Waals surface area contributed by atoms with Crippen LogP contribution in [0.1, 0.15) is 44.6 Å². The van der Waals surface area contributed by atoms with E-state index >= 15 is 0 Å². The summed E-state index contributed by atoms with van der Waals surface area (Å²) in [7, 11) is 0. The van der Waals surface area contributed by atoms with Crippen molar-refractivity contribution < 1.29 is 9.50 Å². The van der Waals surface area contributed by atoms with Crippen LogP contribution >= 0.6 is 0 Å². The molecule has 0 saturated heterocycles. The maximum atomic E-state index is 12.9. The second-order valence-electron chi connectivity index (χ2n) is 5.63. The first-order valence-electron chi connectivity index (χ1n) is 7.11. The van der Waals surface area contributed by atoms with Crippen molar-refractivity contribution in [3.05, 3.63) is 35.6 Å². The molecule has 2 heteroatoms. The Morgan fingerprint density at radius 2 is 1.94 bits per heavy atom. The number of rotatable bonds is 4. The van der Waals surface area contributed by atoms with E-state index < -0.39 is 0 Å². The largest absolute Gasteiger partial charge is 0.393 e. The smallest absolute Gasteiger partial charge is 0.123 e. The molecular formula is C16H23FO. The summed E-state index contributed by atoms with van der Waals surface area (Å²) in [6.07, 6.45) is 6.40. The summed E-state index contributed by atoms with van der Waals surface area (Å²) >= 11 is 0. The molecule has 0 radical (unpaired) electrons. The Morgan fingerprint density at radius 1 is 1.22 bits per heavy atom. The van der Waals surface area contributed by atoms with E-state index in [1.807, 2.05) is 12.1 Å². The Bertz CT molecular complexity index is 360. The zero-order valence-corrected chi connectivity index (χ0v) is 11.1. The minimum Gasteiger partial charge on any atom is -0.393 e. The van der Waals surface area contributed by atoms with Crippen molar-refractivity contribution >= 4 is 0 Å². The molecule has 3 unspecified atom stereocenters. The van der Waals surface area contributed by atoms with Gasteiger partial charge in [-0.3, -0.25) is 0 Å². The van der Waals surface area contributed by atoms with Crippen LogP contribution in [0.3, 0.4) is 0 Å². The molecule has 0 spiro atoms. The van der Waals surface area contributed by atoms with E-state index in [4.69, 9.17) is 0 Å². The molecule has 1 aromatic rings. The second kappa shape index (κ2) is 6.33. The molecule has 1 aliphatic rings. The highest BCUT2D eigenvalue weighted by Gasteiger charge is 2.28. The van der Waals surface area contributed by atoms with Crippen LogP contribution in [0.5, 0.6) is 0 Å². The lowest BCUT2D eigenvalue weighted by Gasteiger charge is -2.33. The first-order chi connectivity index (χ1) is 8.69. The molecule has 0 bridgehead atoms. The average molecular weight is 250 g/mol. The van der Waals surface area contributed by atoms with E-state index in [1.165, 1.54) is 25.0 Å². The molecule has 2 rings (SSSR count). The third-order valence-corrected chi connectivity index (χ3v) is 4.16. The van der Waals surface area contributed by atoms with Gasteiger partial charge in [-0.1, -0.05) is 31.9 Å². The minimum atomic E-state index is -0.188. The van der Waals surface area contributed by atoms with Gasteiger partial charge in [-0.2, -0.15) is 0 Å². The third kappa shape index (κ3) is 3.55. The third-order valence-electron chi connectivity index (χ3n) is 4.16. The summed E-state index contributed by atoms with van der Waals surface area (Å²) in [5, 5.41) is 10.1. The Hall–Kier alpha value is -0.890. The topological polar surface area (TPSA) is 20.2 Å². The summed E-state index contributed by atoms with van der Waals surface area (Å²) in [4.78, 5) is 0. The number of benzene rings is 1. The molecule has 0 aliphatic heterocycles. The summed E-state index contributed by atoms with van der Waals surface area (Å²) in [6, 6.07) is 6.69. The predicted molar refractivity (Wildman–Crippen MR) is 71.8 cm³/mol. The lowest BCUT2D eigenvalue weighted by Crippen LogP contribution is -2.30. The maximum absolute atomic E-state index is 12.9. The summed E-state index contributed by atoms with van der Waals surface area (Å²) in [5.41, 5.74) is 1.14. The van der Waals surface area contributed by atoms with Gasteiger partial charge in [0.25, 0.3) is 0 Å². The molecule has 1 N–H and O–H groups in total. The Balaban J connectivity index is 1.95. The van der Waals surface area contributed by atoms with E-state index in [9.17, 15) is 9.50 Å². The van der Waals surface area contributed by atoms with E-state index in [2.05, 4.69) is 6.92 Å². The molecule has 1 saturated carbocycles. The van der Waals surface area contributed by atoms with Crippen LogP contribution in [0.15, 0.2) is 24.3 Å². The van der Waals surface area contributed by atoms with Gasteiger partial charge < -0.3 is 5.11 Å². The zero-order valence-electron chi connectivity index (χ0n) is 11.1. The lowest BCUT2D eigenvalue weighted by molar-refractivity contribution is 0.0463. The van der Waals surface area contributed by atoms with Crippen molar-refractivity contribution in [2.45, 2.75) is 51.6 Å². The van der Waals surface area contributed by atoms with Crippen molar-refractivity contribution in [1.29, 1.82) is 0 Å². The highest BCUT2D eigenvalue weighted by molar-refractivity contribution is 5.17. The molecule has 3 atom stereocenters. The molecule has 18 heavy (non-hydrogen) atoms. The van der Waals surface area contributed by atoms with Crippen molar-refractivity contribution in [3.8, 4) is 0 Å². The van der Waals surface area contributed by atoms with Gasteiger partial charge in [-0.25, -0.2) is 4.39 Å². The first kappa shape index (κ1) is 13.5. The van der Waals surface area contributed by atoms with Crippen LogP contribution in [0.25, 0.3) is 0 Å². The van der Waals surface area contributed by atoms with Crippen LogP contribution in [-0.2, 0) is 6.42 Å². The Labute approximate surface area is 109 Å². The van der Waals surface area contributed by atoms with Gasteiger partial charge in [-0.15, -0.1) is 0 Å². The van der Waals surface area contributed by atoms with Gasteiger partial charge in [0.15, 0.2) is 0 Å². The van der Waals surface area contributed by atoms with Crippen molar-refractivity contribution in [1.82, 2.24) is 0 Å². The maximum Gasteiger partial charge on any atom is 0.123 e. The number of halogens is 1. The zero-order chi connectivity index (χ0) is 13.0. The van der Waals surface area contributed by atoms with Crippen molar-refractivity contribution in [2.24, 2.45) is 11.8 Å². The molecule has 0 amide bonds. The molecular weight excluding hydrogens is 227 g/mol. The van der Waals surface area contributed by atoms with E-state index in [1.54, 1.807) is 0 Å². The van der Waals surface area contributed by atoms with Crippen LogP contribution in [0, 0.1) is 17.7 Å². The van der Waals surface area contributed by atoms with E-state index in [0.717, 1.165) is 37.2 Å². The highest BCUT2D eigenvalue weighted by atomic mass is 19.1. The normalized spacial score (nSPS) is 28.3. The Morgan fingerprint density at radius 3 is 2.61 bits per heavy atom. The molecule has 1 aromatic carbocycles. The fourth-order valence-corrected chi connectivity index (χ4v) is 3.16. The minimum absolute atomic E-state index is 0.178. The summed E-state index contributed by atoms with van der Waals surface area (Å²) < 4.78 is 12.9. The monoisotopic (exact) mass is 250 g/mol. The van der Waals surface area contributed by atoms with Gasteiger partial charge in [0.05, 0.1) is 6.10 Å². The average Bonchev–Trinajstić information content (AvgIpc) is 2.36. The summed E-state index contributed by atoms with van der Waals surface area (Å²) in [5.74, 6) is 0.927. The van der Waals surface area contributed by atoms with Crippen molar-refractivity contribution in [3.63, 3.8) is 0 Å². The fraction of sp³-hybridized carbons (Fsp3) is 0.625. The molecule has 0 aromatic heterocycles. The van der Waals surface area contributed by atoms with Crippen molar-refractivity contribution in [2.75, 3.05) is 0 Å². The molecule has 0 heterocycles. The summed E-state index contributed by atoms with van der Waals surface area (Å²) in [6.45, 7) is 2.22. The SMILES string of the molecule is CCCC1CCC(O)C(Cc2ccc(F)cc2)C1. The number of hydrogen-bond donors (Lipinski definition) is 1. The van der Waals surface area contributed by atoms with Crippen LogP contribution in [0.2, 0.25) is 0 Å². The molecule has 1 nitrogen and oxygen atoms in total. The Kier molecular flexibility index (Phi) is 4.76. The molecule has 1 fully saturated rings. The quantitative estimate of drug-likeness (QED) is 0.858. The van der Waals surface area contributed by atoms with Gasteiger partial charge >= 0.3 is 0 Å². The van der Waals surface area contributed by atoms with Crippen LogP contribution < -0.4 is 0 Å². The standard InChI is InChI=1S/C16H23FO/c1-2-3-12-6-9-16(18)14(10-12)11-13-4-7-15(17)8-5-13/h4-5,7-8,12,14,16,18H,2-3,6,9-11H2,1H3. The van der Waals surface area contributed by atoms with Crippen LogP contribution in [-0.4, -0.2) is 11.2 Å². The number of hydrogen-bond acceptors (Lipinski definition) is 1. The highest BCUT2D eigenvalue weighted by Crippen LogP contribution is 2.34. The number of aliphatic hydroxyl groups is 1. The lowest BCUT2D eigenvalue weighted by atomic mass is 9.75. The molecule has 100 valence electrons. The second-order valence-corrected chi connectivity index (χ2v) is 5.63. The van der Waals surface area contributed by atoms with Gasteiger partial charge in [-0.05, 0) is 55.2 Å². The molecule has 1 aliphatic carbocycles. The van der Waals surface area contributed by atoms with Gasteiger partial charge in [0.2, 0.25) is 0 Å². The number of aliphatic hydroxyl groups excluding tert-OH is 1. The van der Waals surface area contributed by atoms with Gasteiger partial charge in [0.1, 0.15) is 5.82 Å². The van der Waals surface area contributed by atoms with E-state index in [-0.39, 0.29) is 11.9 Å². The van der Waals surface area contributed by atoms with Gasteiger partial charge in [0, 0.05) is 0 Å². The predicted octanol–water partition coefficient (Wildman–Crippen LogP) is 3.95. The first-order valence-corrected chi connectivity index (χ1v) is 7.11. The van der Waals surface area contributed by atoms with Crippen LogP contribution in [0.4, 0.5) is 4.39 Å². The fourth-order valence-electron chi connectivity index (χ4n) is 3.16.